The molecule has 1 unspecified atom stereocenters. The first-order valence-corrected chi connectivity index (χ1v) is 15.3. The molecule has 1 aliphatic rings. The number of anilines is 1. The first-order chi connectivity index (χ1) is 22.3. The Kier molecular flexibility index (Phi) is 9.23. The van der Waals surface area contributed by atoms with Crippen LogP contribution in [0.15, 0.2) is 91.3 Å². The number of carbonyl (C=O) groups excluding carboxylic acids is 1. The number of urea groups is 1. The van der Waals surface area contributed by atoms with Crippen molar-refractivity contribution >= 4 is 11.8 Å². The summed E-state index contributed by atoms with van der Waals surface area (Å²) in [5.74, 6) is -1.32. The number of rotatable bonds is 10. The Balaban J connectivity index is 1.33. The van der Waals surface area contributed by atoms with E-state index in [1.54, 1.807) is 28.7 Å². The summed E-state index contributed by atoms with van der Waals surface area (Å²) in [6.07, 6.45) is 4.91. The molecule has 2 aromatic heterocycles. The molecule has 2 N–H and O–H groups in total. The molecule has 3 atom stereocenters. The van der Waals surface area contributed by atoms with Gasteiger partial charge in [0.05, 0.1) is 24.0 Å². The second-order valence-electron chi connectivity index (χ2n) is 11.6. The zero-order valence-corrected chi connectivity index (χ0v) is 26.0. The second kappa shape index (κ2) is 13.6. The van der Waals surface area contributed by atoms with Gasteiger partial charge in [-0.05, 0) is 55.2 Å². The largest absolute Gasteiger partial charge is 0.385 e. The Hall–Kier alpha value is -4.87. The highest BCUT2D eigenvalue weighted by Crippen LogP contribution is 2.40. The van der Waals surface area contributed by atoms with Gasteiger partial charge >= 0.3 is 6.03 Å². The van der Waals surface area contributed by atoms with Crippen LogP contribution in [0.25, 0.3) is 16.9 Å². The summed E-state index contributed by atoms with van der Waals surface area (Å²) in [4.78, 5) is 16.1. The van der Waals surface area contributed by atoms with E-state index >= 15 is 0 Å². The number of hydrogen-bond acceptors (Lipinski definition) is 5. The number of benzene rings is 3. The third-order valence-corrected chi connectivity index (χ3v) is 8.53. The van der Waals surface area contributed by atoms with Crippen LogP contribution >= 0.6 is 0 Å². The van der Waals surface area contributed by atoms with Crippen LogP contribution < -0.4 is 10.6 Å². The molecule has 6 rings (SSSR count). The molecule has 1 aliphatic heterocycles. The number of aryl methyl sites for hydroxylation is 1. The van der Waals surface area contributed by atoms with E-state index < -0.39 is 29.7 Å². The van der Waals surface area contributed by atoms with Crippen molar-refractivity contribution in [2.75, 3.05) is 19.0 Å². The van der Waals surface area contributed by atoms with E-state index in [0.29, 0.717) is 43.1 Å². The van der Waals surface area contributed by atoms with Crippen molar-refractivity contribution < 1.29 is 18.3 Å². The maximum atomic E-state index is 14.6. The van der Waals surface area contributed by atoms with Crippen LogP contribution in [-0.4, -0.2) is 56.3 Å². The fraction of sp³-hybridized carbons (Fsp3) is 0.286. The summed E-state index contributed by atoms with van der Waals surface area (Å²) in [5, 5.41) is 15.4. The van der Waals surface area contributed by atoms with E-state index in [4.69, 9.17) is 9.84 Å². The number of nitrogens with zero attached hydrogens (tertiary/aromatic N) is 5. The third-order valence-electron chi connectivity index (χ3n) is 8.53. The van der Waals surface area contributed by atoms with Gasteiger partial charge < -0.3 is 10.1 Å². The first-order valence-electron chi connectivity index (χ1n) is 15.3. The van der Waals surface area contributed by atoms with E-state index in [9.17, 15) is 13.6 Å². The second-order valence-corrected chi connectivity index (χ2v) is 11.6. The number of amides is 2. The van der Waals surface area contributed by atoms with Crippen molar-refractivity contribution in [2.45, 2.75) is 44.4 Å². The normalized spacial score (nSPS) is 18.2. The zero-order chi connectivity index (χ0) is 32.2. The van der Waals surface area contributed by atoms with E-state index in [1.165, 1.54) is 6.07 Å². The van der Waals surface area contributed by atoms with Gasteiger partial charge in [0.15, 0.2) is 11.6 Å². The molecule has 11 heteroatoms. The molecule has 0 spiro atoms. The van der Waals surface area contributed by atoms with Crippen LogP contribution in [-0.2, 0) is 18.3 Å². The summed E-state index contributed by atoms with van der Waals surface area (Å²) in [6.45, 7) is 2.99. The highest BCUT2D eigenvalue weighted by molar-refractivity contribution is 5.91. The molecule has 0 radical (unpaired) electrons. The Morgan fingerprint density at radius 1 is 1.02 bits per heavy atom. The quantitative estimate of drug-likeness (QED) is 0.188. The highest BCUT2D eigenvalue weighted by atomic mass is 19.2. The van der Waals surface area contributed by atoms with Crippen molar-refractivity contribution in [3.8, 4) is 16.9 Å². The van der Waals surface area contributed by atoms with Gasteiger partial charge in [0.25, 0.3) is 0 Å². The summed E-state index contributed by atoms with van der Waals surface area (Å²) in [6, 6.07) is 22.3. The number of ether oxygens (including phenoxy) is 1. The number of methoxy groups -OCH3 is 1. The maximum Gasteiger partial charge on any atom is 0.320 e. The molecule has 46 heavy (non-hydrogen) atoms. The van der Waals surface area contributed by atoms with Gasteiger partial charge in [-0.1, -0.05) is 54.6 Å². The SMILES string of the molecule is COCCC1C[C@@H](NC(=O)Nc2c(C)c(-c3cnn(C)c3)nn2-c2ccccc2)[C@H](c2ccc(F)c(F)c2)N1Cc1ccccc1. The fourth-order valence-corrected chi connectivity index (χ4v) is 6.36. The summed E-state index contributed by atoms with van der Waals surface area (Å²) >= 11 is 0. The van der Waals surface area contributed by atoms with Gasteiger partial charge in [-0.15, -0.1) is 0 Å². The van der Waals surface area contributed by atoms with Crippen molar-refractivity contribution in [3.05, 3.63) is 120 Å². The molecular weight excluding hydrogens is 588 g/mol. The van der Waals surface area contributed by atoms with E-state index in [2.05, 4.69) is 20.6 Å². The predicted octanol–water partition coefficient (Wildman–Crippen LogP) is 6.40. The Labute approximate surface area is 266 Å². The molecular formula is C35H37F2N7O2. The van der Waals surface area contributed by atoms with Crippen LogP contribution in [0.1, 0.15) is 35.6 Å². The number of likely N-dealkylation sites (tertiary alicyclic amines) is 1. The molecule has 0 bridgehead atoms. The smallest absolute Gasteiger partial charge is 0.320 e. The lowest BCUT2D eigenvalue weighted by Gasteiger charge is -2.32. The standard InChI is InChI=1S/C35H37F2N7O2/c1-23-32(26-20-38-42(2)22-26)41-44(27-12-8-5-9-13-27)34(23)40-35(45)39-31-19-28(16-17-46-3)43(21-24-10-6-4-7-11-24)33(31)25-14-15-29(36)30(37)18-25/h4-15,18,20,22,28,31,33H,16-17,19,21H2,1-3H3,(H2,39,40,45)/t28?,31-,33+/m1/s1. The molecule has 0 saturated carbocycles. The monoisotopic (exact) mass is 625 g/mol. The highest BCUT2D eigenvalue weighted by Gasteiger charge is 2.43. The van der Waals surface area contributed by atoms with Crippen LogP contribution in [0.2, 0.25) is 0 Å². The Morgan fingerprint density at radius 3 is 2.43 bits per heavy atom. The number of halogens is 2. The minimum atomic E-state index is -0.925. The van der Waals surface area contributed by atoms with Gasteiger partial charge in [0, 0.05) is 50.7 Å². The van der Waals surface area contributed by atoms with Crippen LogP contribution in [0.4, 0.5) is 19.4 Å². The van der Waals surface area contributed by atoms with E-state index in [0.717, 1.165) is 28.4 Å². The molecule has 1 saturated heterocycles. The number of nitrogens with one attached hydrogen (secondary N) is 2. The number of hydrogen-bond donors (Lipinski definition) is 2. The van der Waals surface area contributed by atoms with Gasteiger partial charge in [-0.3, -0.25) is 14.9 Å². The van der Waals surface area contributed by atoms with Crippen molar-refractivity contribution in [3.63, 3.8) is 0 Å². The van der Waals surface area contributed by atoms with Crippen molar-refractivity contribution in [1.82, 2.24) is 29.8 Å². The molecule has 238 valence electrons. The Morgan fingerprint density at radius 2 is 1.76 bits per heavy atom. The summed E-state index contributed by atoms with van der Waals surface area (Å²) < 4.78 is 37.5. The van der Waals surface area contributed by atoms with Gasteiger partial charge in [0.2, 0.25) is 0 Å². The van der Waals surface area contributed by atoms with Gasteiger partial charge in [0.1, 0.15) is 11.5 Å². The molecule has 1 fully saturated rings. The molecule has 3 heterocycles. The van der Waals surface area contributed by atoms with Gasteiger partial charge in [-0.2, -0.15) is 10.2 Å². The molecule has 0 aliphatic carbocycles. The zero-order valence-electron chi connectivity index (χ0n) is 26.0. The fourth-order valence-electron chi connectivity index (χ4n) is 6.36. The van der Waals surface area contributed by atoms with Gasteiger partial charge in [-0.25, -0.2) is 18.3 Å². The minimum absolute atomic E-state index is 0.0114. The van der Waals surface area contributed by atoms with E-state index in [-0.39, 0.29) is 6.04 Å². The molecule has 2 amide bonds. The number of aromatic nitrogens is 4. The summed E-state index contributed by atoms with van der Waals surface area (Å²) in [7, 11) is 3.50. The van der Waals surface area contributed by atoms with Crippen molar-refractivity contribution in [2.24, 2.45) is 7.05 Å². The average molecular weight is 626 g/mol. The lowest BCUT2D eigenvalue weighted by atomic mass is 9.99. The topological polar surface area (TPSA) is 89.2 Å². The minimum Gasteiger partial charge on any atom is -0.385 e. The Bertz CT molecular complexity index is 1790. The van der Waals surface area contributed by atoms with Crippen LogP contribution in [0, 0.1) is 18.6 Å². The molecule has 9 nitrogen and oxygen atoms in total. The lowest BCUT2D eigenvalue weighted by molar-refractivity contribution is 0.126. The number of para-hydroxylation sites is 1. The maximum absolute atomic E-state index is 14.6. The van der Waals surface area contributed by atoms with Crippen LogP contribution in [0.5, 0.6) is 0 Å². The van der Waals surface area contributed by atoms with Crippen LogP contribution in [0.3, 0.4) is 0 Å². The first kappa shape index (κ1) is 31.1. The third kappa shape index (κ3) is 6.56. The van der Waals surface area contributed by atoms with Crippen molar-refractivity contribution in [1.29, 1.82) is 0 Å². The summed E-state index contributed by atoms with van der Waals surface area (Å²) in [5.41, 5.74) is 4.74. The number of carbonyl (C=O) groups is 1. The molecule has 5 aromatic rings. The average Bonchev–Trinajstić information content (AvgIpc) is 3.73. The molecule has 3 aromatic carbocycles. The lowest BCUT2D eigenvalue weighted by Crippen LogP contribution is -2.42. The van der Waals surface area contributed by atoms with E-state index in [1.807, 2.05) is 80.8 Å². The predicted molar refractivity (Wildman–Crippen MR) is 172 cm³/mol.